The molecule has 2 unspecified atom stereocenters. The first kappa shape index (κ1) is 57.5. The number of aliphatic carboxylic acids is 1. The number of carbonyl (C=O) groups is 6. The quantitative estimate of drug-likeness (QED) is 0.164. The van der Waals surface area contributed by atoms with Crippen LogP contribution in [0.25, 0.3) is 6.08 Å². The van der Waals surface area contributed by atoms with Crippen LogP contribution in [0.1, 0.15) is 121 Å². The van der Waals surface area contributed by atoms with Crippen molar-refractivity contribution in [3.63, 3.8) is 0 Å². The number of hydrogen-bond donors (Lipinski definition) is 2. The molecule has 1 fully saturated rings. The fourth-order valence-corrected chi connectivity index (χ4v) is 6.87. The number of esters is 4. The molecule has 17 heteroatoms. The van der Waals surface area contributed by atoms with E-state index in [2.05, 4.69) is 5.32 Å². The van der Waals surface area contributed by atoms with E-state index in [1.807, 2.05) is 127 Å². The molecule has 0 aliphatic carbocycles. The van der Waals surface area contributed by atoms with E-state index in [4.69, 9.17) is 23.7 Å². The number of ether oxygens (including phenoxy) is 5. The maximum Gasteiger partial charge on any atom is 0.408 e. The predicted molar refractivity (Wildman–Crippen MR) is 253 cm³/mol. The minimum absolute atomic E-state index is 0.00989. The number of nitrogens with one attached hydrogen (secondary N) is 1. The van der Waals surface area contributed by atoms with E-state index in [1.54, 1.807) is 32.9 Å². The molecule has 1 aliphatic heterocycles. The van der Waals surface area contributed by atoms with Crippen LogP contribution in [0.2, 0.25) is 0 Å². The lowest BCUT2D eigenvalue weighted by Crippen LogP contribution is -2.54. The van der Waals surface area contributed by atoms with Crippen LogP contribution in [0.15, 0.2) is 30.3 Å². The molecule has 1 aromatic rings. The Hall–Kier alpha value is -4.58. The van der Waals surface area contributed by atoms with Crippen molar-refractivity contribution < 1.29 is 57.6 Å². The first-order valence-electron chi connectivity index (χ1n) is 22.9. The third-order valence-corrected chi connectivity index (χ3v) is 9.35. The van der Waals surface area contributed by atoms with E-state index in [-0.39, 0.29) is 38.6 Å². The van der Waals surface area contributed by atoms with E-state index in [1.165, 1.54) is 0 Å². The van der Waals surface area contributed by atoms with Crippen molar-refractivity contribution in [3.05, 3.63) is 41.5 Å². The summed E-state index contributed by atoms with van der Waals surface area (Å²) in [5.74, 6) is -2.85. The number of nitrogens with zero attached hydrogens (tertiary/aromatic N) is 4. The van der Waals surface area contributed by atoms with Gasteiger partial charge in [0.15, 0.2) is 0 Å². The van der Waals surface area contributed by atoms with E-state index in [0.29, 0.717) is 52.2 Å². The molecule has 2 N–H and O–H groups in total. The van der Waals surface area contributed by atoms with E-state index in [0.717, 1.165) is 11.1 Å². The Kier molecular flexibility index (Phi) is 21.8. The molecule has 1 aliphatic rings. The molecular formula is C49H81N5O12. The normalized spacial score (nSPS) is 17.8. The smallest absolute Gasteiger partial charge is 0.408 e. The minimum Gasteiger partial charge on any atom is -0.480 e. The number of benzene rings is 1. The summed E-state index contributed by atoms with van der Waals surface area (Å²) in [7, 11) is 0. The van der Waals surface area contributed by atoms with Gasteiger partial charge in [0.25, 0.3) is 0 Å². The standard InChI is InChI=1S/C49H81N5O12/c1-45(2,3)62-39(55)31-51-23-24-52(32-40(56)63-46(4,5)6)27-28-54(34-42(58)65-48(10,11)12)37(30-53(26-25-51)33-41(57)64-47(7,8)9)29-36-21-19-35(20-22-36)17-16-18-38(43(59)60)50-44(61)66-49(13,14)15/h16-17,19-22,37-38H,18,23-34H2,1-15H3,(H,50,61)(H,59,60)/b17-16+. The zero-order valence-corrected chi connectivity index (χ0v) is 42.5. The van der Waals surface area contributed by atoms with Crippen LogP contribution in [0.5, 0.6) is 0 Å². The van der Waals surface area contributed by atoms with Crippen molar-refractivity contribution >= 4 is 42.0 Å². The fourth-order valence-electron chi connectivity index (χ4n) is 6.87. The second-order valence-corrected chi connectivity index (χ2v) is 21.9. The van der Waals surface area contributed by atoms with Crippen LogP contribution in [-0.4, -0.2) is 173 Å². The highest BCUT2D eigenvalue weighted by atomic mass is 16.6. The molecule has 1 heterocycles. The molecule has 17 nitrogen and oxygen atoms in total. The molecule has 1 aromatic carbocycles. The summed E-state index contributed by atoms with van der Waals surface area (Å²) < 4.78 is 28.3. The molecule has 1 saturated heterocycles. The number of carboxylic acid groups (broad SMARTS) is 1. The second-order valence-electron chi connectivity index (χ2n) is 21.9. The Bertz CT molecular complexity index is 1780. The van der Waals surface area contributed by atoms with E-state index >= 15 is 0 Å². The van der Waals surface area contributed by atoms with Gasteiger partial charge in [-0.3, -0.25) is 38.8 Å². The van der Waals surface area contributed by atoms with Gasteiger partial charge in [-0.25, -0.2) is 9.59 Å². The molecule has 0 radical (unpaired) electrons. The predicted octanol–water partition coefficient (Wildman–Crippen LogP) is 5.57. The molecule has 2 rings (SSSR count). The van der Waals surface area contributed by atoms with Crippen LogP contribution in [-0.2, 0) is 54.1 Å². The summed E-state index contributed by atoms with van der Waals surface area (Å²) in [6, 6.07) is 6.12. The van der Waals surface area contributed by atoms with Crippen molar-refractivity contribution in [2.45, 2.75) is 157 Å². The van der Waals surface area contributed by atoms with Crippen LogP contribution in [0, 0.1) is 0 Å². The van der Waals surface area contributed by atoms with Crippen LogP contribution >= 0.6 is 0 Å². The number of hydrogen-bond acceptors (Lipinski definition) is 15. The highest BCUT2D eigenvalue weighted by Crippen LogP contribution is 2.18. The average molecular weight is 932 g/mol. The fraction of sp³-hybridized carbons (Fsp3) is 0.714. The lowest BCUT2D eigenvalue weighted by molar-refractivity contribution is -0.160. The third-order valence-electron chi connectivity index (χ3n) is 9.35. The molecule has 0 spiro atoms. The summed E-state index contributed by atoms with van der Waals surface area (Å²) in [5.41, 5.74) is -1.95. The van der Waals surface area contributed by atoms with Gasteiger partial charge in [-0.1, -0.05) is 36.4 Å². The third kappa shape index (κ3) is 26.5. The van der Waals surface area contributed by atoms with Crippen molar-refractivity contribution in [1.29, 1.82) is 0 Å². The summed E-state index contributed by atoms with van der Waals surface area (Å²) in [6.45, 7) is 29.2. The van der Waals surface area contributed by atoms with Gasteiger partial charge in [-0.05, 0) is 128 Å². The minimum atomic E-state index is -1.20. The molecule has 66 heavy (non-hydrogen) atoms. The summed E-state index contributed by atoms with van der Waals surface area (Å²) >= 11 is 0. The first-order valence-corrected chi connectivity index (χ1v) is 22.9. The number of amides is 1. The monoisotopic (exact) mass is 932 g/mol. The van der Waals surface area contributed by atoms with Crippen LogP contribution < -0.4 is 5.32 Å². The molecule has 0 saturated carbocycles. The molecule has 2 atom stereocenters. The zero-order valence-electron chi connectivity index (χ0n) is 42.5. The molecule has 374 valence electrons. The highest BCUT2D eigenvalue weighted by Gasteiger charge is 2.31. The maximum absolute atomic E-state index is 13.7. The Morgan fingerprint density at radius 2 is 0.955 bits per heavy atom. The number of alkyl carbamates (subject to hydrolysis) is 1. The van der Waals surface area contributed by atoms with Gasteiger partial charge in [0.05, 0.1) is 26.2 Å². The summed E-state index contributed by atoms with van der Waals surface area (Å²) in [5, 5.41) is 12.1. The van der Waals surface area contributed by atoms with Gasteiger partial charge in [0, 0.05) is 51.9 Å². The van der Waals surface area contributed by atoms with Crippen molar-refractivity contribution in [1.82, 2.24) is 24.9 Å². The second kappa shape index (κ2) is 25.0. The Morgan fingerprint density at radius 1 is 0.576 bits per heavy atom. The van der Waals surface area contributed by atoms with Gasteiger partial charge < -0.3 is 34.1 Å². The Balaban J connectivity index is 2.61. The molecule has 0 bridgehead atoms. The van der Waals surface area contributed by atoms with Crippen LogP contribution in [0.3, 0.4) is 0 Å². The lowest BCUT2D eigenvalue weighted by Gasteiger charge is -2.39. The zero-order chi connectivity index (χ0) is 50.3. The lowest BCUT2D eigenvalue weighted by atomic mass is 10.0. The van der Waals surface area contributed by atoms with Gasteiger partial charge in [-0.2, -0.15) is 0 Å². The Labute approximate surface area is 393 Å². The molecule has 1 amide bonds. The van der Waals surface area contributed by atoms with Gasteiger partial charge in [0.2, 0.25) is 0 Å². The number of carbonyl (C=O) groups excluding carboxylic acids is 5. The SMILES string of the molecule is CC(C)(C)OC(=O)CN1CCN(CC(=O)OC(C)(C)C)CCN(CC(=O)OC(C)(C)C)C(Cc2ccc(/C=C/CC(NC(=O)OC(C)(C)C)C(=O)O)cc2)CN(CC(=O)OC(C)(C)C)CC1. The number of rotatable bonds is 15. The van der Waals surface area contributed by atoms with Gasteiger partial charge in [0.1, 0.15) is 34.0 Å². The largest absolute Gasteiger partial charge is 0.480 e. The molecular weight excluding hydrogens is 851 g/mol. The number of carboxylic acids is 1. The van der Waals surface area contributed by atoms with Crippen molar-refractivity contribution in [3.8, 4) is 0 Å². The summed E-state index contributed by atoms with van der Waals surface area (Å²) in [4.78, 5) is 85.8. The van der Waals surface area contributed by atoms with Crippen LogP contribution in [0.4, 0.5) is 4.79 Å². The topological polar surface area (TPSA) is 194 Å². The van der Waals surface area contributed by atoms with Crippen molar-refractivity contribution in [2.24, 2.45) is 0 Å². The average Bonchev–Trinajstić information content (AvgIpc) is 3.09. The highest BCUT2D eigenvalue weighted by molar-refractivity contribution is 5.80. The van der Waals surface area contributed by atoms with Gasteiger partial charge in [-0.15, -0.1) is 0 Å². The first-order chi connectivity index (χ1) is 30.1. The Morgan fingerprint density at radius 3 is 1.36 bits per heavy atom. The van der Waals surface area contributed by atoms with Gasteiger partial charge >= 0.3 is 35.9 Å². The van der Waals surface area contributed by atoms with E-state index in [9.17, 15) is 33.9 Å². The summed E-state index contributed by atoms with van der Waals surface area (Å²) in [6.07, 6.45) is 3.08. The molecule has 0 aromatic heterocycles. The van der Waals surface area contributed by atoms with Crippen molar-refractivity contribution in [2.75, 3.05) is 72.0 Å². The van der Waals surface area contributed by atoms with E-state index < -0.39 is 70.0 Å². The maximum atomic E-state index is 13.7.